The van der Waals surface area contributed by atoms with E-state index in [1.54, 1.807) is 20.8 Å². The van der Waals surface area contributed by atoms with E-state index < -0.39 is 15.8 Å². The fourth-order valence-electron chi connectivity index (χ4n) is 1.79. The zero-order chi connectivity index (χ0) is 13.9. The first-order chi connectivity index (χ1) is 8.34. The van der Waals surface area contributed by atoms with Crippen molar-refractivity contribution in [2.45, 2.75) is 38.3 Å². The summed E-state index contributed by atoms with van der Waals surface area (Å²) in [6.07, 6.45) is 0. The van der Waals surface area contributed by atoms with Crippen molar-refractivity contribution in [2.24, 2.45) is 0 Å². The van der Waals surface area contributed by atoms with Crippen LogP contribution < -0.4 is 0 Å². The van der Waals surface area contributed by atoms with E-state index in [0.717, 1.165) is 6.07 Å². The van der Waals surface area contributed by atoms with Gasteiger partial charge in [0, 0.05) is 12.6 Å². The van der Waals surface area contributed by atoms with Crippen molar-refractivity contribution in [3.05, 3.63) is 29.6 Å². The molecule has 1 aromatic rings. The molecular formula is C12H18FNO3S. The maximum atomic E-state index is 13.8. The Morgan fingerprint density at radius 1 is 1.39 bits per heavy atom. The molecule has 1 N–H and O–H groups in total. The van der Waals surface area contributed by atoms with E-state index in [1.165, 1.54) is 16.4 Å². The van der Waals surface area contributed by atoms with E-state index in [-0.39, 0.29) is 24.1 Å². The van der Waals surface area contributed by atoms with E-state index in [1.807, 2.05) is 0 Å². The molecule has 0 heterocycles. The Hall–Kier alpha value is -0.980. The molecule has 1 aromatic carbocycles. The first kappa shape index (κ1) is 15.1. The summed E-state index contributed by atoms with van der Waals surface area (Å²) in [6, 6.07) is 3.41. The molecule has 18 heavy (non-hydrogen) atoms. The molecule has 0 aromatic heterocycles. The highest BCUT2D eigenvalue weighted by atomic mass is 32.2. The lowest BCUT2D eigenvalue weighted by Gasteiger charge is -2.24. The van der Waals surface area contributed by atoms with Crippen LogP contribution in [0.25, 0.3) is 0 Å². The van der Waals surface area contributed by atoms with Gasteiger partial charge in [-0.05, 0) is 31.5 Å². The summed E-state index contributed by atoms with van der Waals surface area (Å²) in [6.45, 7) is 5.14. The SMILES string of the molecule is CCN(C(C)C)S(=O)(=O)c1ccc(CO)cc1F. The molecule has 0 bridgehead atoms. The highest BCUT2D eigenvalue weighted by Crippen LogP contribution is 2.22. The Morgan fingerprint density at radius 3 is 2.39 bits per heavy atom. The zero-order valence-corrected chi connectivity index (χ0v) is 11.5. The molecular weight excluding hydrogens is 257 g/mol. The summed E-state index contributed by atoms with van der Waals surface area (Å²) < 4.78 is 39.5. The Labute approximate surface area is 107 Å². The molecule has 0 aliphatic heterocycles. The molecule has 0 aliphatic rings. The number of rotatable bonds is 5. The molecule has 0 fully saturated rings. The number of benzene rings is 1. The molecule has 6 heteroatoms. The minimum Gasteiger partial charge on any atom is -0.392 e. The number of nitrogens with zero attached hydrogens (tertiary/aromatic N) is 1. The zero-order valence-electron chi connectivity index (χ0n) is 10.7. The van der Waals surface area contributed by atoms with Crippen molar-refractivity contribution in [3.63, 3.8) is 0 Å². The van der Waals surface area contributed by atoms with Crippen LogP contribution in [0.4, 0.5) is 4.39 Å². The number of aliphatic hydroxyl groups is 1. The standard InChI is InChI=1S/C12H18FNO3S/c1-4-14(9(2)3)18(16,17)12-6-5-10(8-15)7-11(12)13/h5-7,9,15H,4,8H2,1-3H3. The smallest absolute Gasteiger partial charge is 0.246 e. The normalized spacial score (nSPS) is 12.4. The van der Waals surface area contributed by atoms with Gasteiger partial charge in [0.15, 0.2) is 0 Å². The van der Waals surface area contributed by atoms with E-state index >= 15 is 0 Å². The molecule has 0 amide bonds. The molecule has 4 nitrogen and oxygen atoms in total. The van der Waals surface area contributed by atoms with Crippen LogP contribution in [0.2, 0.25) is 0 Å². The fourth-order valence-corrected chi connectivity index (χ4v) is 3.48. The van der Waals surface area contributed by atoms with Crippen LogP contribution in [0.3, 0.4) is 0 Å². The topological polar surface area (TPSA) is 57.6 Å². The number of aliphatic hydroxyl groups excluding tert-OH is 1. The van der Waals surface area contributed by atoms with Gasteiger partial charge in [-0.2, -0.15) is 4.31 Å². The highest BCUT2D eigenvalue weighted by molar-refractivity contribution is 7.89. The molecule has 0 saturated carbocycles. The quantitative estimate of drug-likeness (QED) is 0.890. The third-order valence-corrected chi connectivity index (χ3v) is 4.84. The first-order valence-electron chi connectivity index (χ1n) is 5.75. The van der Waals surface area contributed by atoms with E-state index in [0.29, 0.717) is 5.56 Å². The van der Waals surface area contributed by atoms with Crippen molar-refractivity contribution in [1.82, 2.24) is 4.31 Å². The number of halogens is 1. The summed E-state index contributed by atoms with van der Waals surface area (Å²) in [5.41, 5.74) is 0.346. The van der Waals surface area contributed by atoms with Crippen LogP contribution in [0.5, 0.6) is 0 Å². The number of hydrogen-bond acceptors (Lipinski definition) is 3. The lowest BCUT2D eigenvalue weighted by molar-refractivity contribution is 0.281. The Bertz CT molecular complexity index is 514. The van der Waals surface area contributed by atoms with Gasteiger partial charge < -0.3 is 5.11 Å². The average molecular weight is 275 g/mol. The van der Waals surface area contributed by atoms with Crippen LogP contribution in [-0.2, 0) is 16.6 Å². The Kier molecular flexibility index (Phi) is 4.84. The number of sulfonamides is 1. The highest BCUT2D eigenvalue weighted by Gasteiger charge is 2.28. The minimum absolute atomic E-state index is 0.239. The van der Waals surface area contributed by atoms with Crippen LogP contribution >= 0.6 is 0 Å². The predicted octanol–water partition coefficient (Wildman–Crippen LogP) is 1.74. The van der Waals surface area contributed by atoms with Crippen LogP contribution in [0, 0.1) is 5.82 Å². The monoisotopic (exact) mass is 275 g/mol. The predicted molar refractivity (Wildman–Crippen MR) is 67.0 cm³/mol. The lowest BCUT2D eigenvalue weighted by Crippen LogP contribution is -2.37. The lowest BCUT2D eigenvalue weighted by atomic mass is 10.2. The second kappa shape index (κ2) is 5.77. The van der Waals surface area contributed by atoms with Crippen LogP contribution in [0.1, 0.15) is 26.3 Å². The van der Waals surface area contributed by atoms with Gasteiger partial charge in [-0.15, -0.1) is 0 Å². The molecule has 102 valence electrons. The van der Waals surface area contributed by atoms with Crippen LogP contribution in [0.15, 0.2) is 23.1 Å². The van der Waals surface area contributed by atoms with Crippen LogP contribution in [-0.4, -0.2) is 30.4 Å². The molecule has 0 aliphatic carbocycles. The maximum absolute atomic E-state index is 13.8. The van der Waals surface area contributed by atoms with E-state index in [2.05, 4.69) is 0 Å². The van der Waals surface area contributed by atoms with Gasteiger partial charge in [0.25, 0.3) is 0 Å². The molecule has 0 unspecified atom stereocenters. The Morgan fingerprint density at radius 2 is 2.00 bits per heavy atom. The summed E-state index contributed by atoms with van der Waals surface area (Å²) in [7, 11) is -3.83. The van der Waals surface area contributed by atoms with E-state index in [4.69, 9.17) is 5.11 Å². The molecule has 0 spiro atoms. The van der Waals surface area contributed by atoms with Crippen molar-refractivity contribution in [1.29, 1.82) is 0 Å². The fraction of sp³-hybridized carbons (Fsp3) is 0.500. The van der Waals surface area contributed by atoms with Gasteiger partial charge in [0.2, 0.25) is 10.0 Å². The maximum Gasteiger partial charge on any atom is 0.246 e. The molecule has 1 rings (SSSR count). The number of hydrogen-bond donors (Lipinski definition) is 1. The molecule has 0 radical (unpaired) electrons. The second-order valence-corrected chi connectivity index (χ2v) is 6.08. The van der Waals surface area contributed by atoms with E-state index in [9.17, 15) is 12.8 Å². The van der Waals surface area contributed by atoms with Gasteiger partial charge in [0.1, 0.15) is 10.7 Å². The molecule has 0 saturated heterocycles. The first-order valence-corrected chi connectivity index (χ1v) is 7.19. The van der Waals surface area contributed by atoms with Crippen molar-refractivity contribution in [3.8, 4) is 0 Å². The van der Waals surface area contributed by atoms with Gasteiger partial charge in [-0.1, -0.05) is 13.0 Å². The largest absolute Gasteiger partial charge is 0.392 e. The van der Waals surface area contributed by atoms with Crippen molar-refractivity contribution >= 4 is 10.0 Å². The van der Waals surface area contributed by atoms with Gasteiger partial charge >= 0.3 is 0 Å². The van der Waals surface area contributed by atoms with Gasteiger partial charge in [0.05, 0.1) is 6.61 Å². The summed E-state index contributed by atoms with van der Waals surface area (Å²) in [4.78, 5) is -0.352. The third-order valence-electron chi connectivity index (χ3n) is 2.65. The summed E-state index contributed by atoms with van der Waals surface area (Å²) in [5, 5.41) is 8.87. The van der Waals surface area contributed by atoms with Gasteiger partial charge in [-0.25, -0.2) is 12.8 Å². The average Bonchev–Trinajstić information content (AvgIpc) is 2.28. The molecule has 0 atom stereocenters. The van der Waals surface area contributed by atoms with Crippen molar-refractivity contribution < 1.29 is 17.9 Å². The van der Waals surface area contributed by atoms with Gasteiger partial charge in [-0.3, -0.25) is 0 Å². The Balaban J connectivity index is 3.28. The third kappa shape index (κ3) is 2.88. The summed E-state index contributed by atoms with van der Waals surface area (Å²) >= 11 is 0. The summed E-state index contributed by atoms with van der Waals surface area (Å²) in [5.74, 6) is -0.833. The minimum atomic E-state index is -3.83. The second-order valence-electron chi connectivity index (χ2n) is 4.23. The van der Waals surface area contributed by atoms with Crippen molar-refractivity contribution in [2.75, 3.05) is 6.54 Å².